The molecule has 0 aliphatic carbocycles. The van der Waals surface area contributed by atoms with E-state index in [1.807, 2.05) is 27.7 Å². The number of amides is 1. The van der Waals surface area contributed by atoms with Gasteiger partial charge in [-0.2, -0.15) is 12.6 Å². The zero-order chi connectivity index (χ0) is 15.3. The number of rotatable bonds is 7. The molecule has 2 N–H and O–H groups in total. The van der Waals surface area contributed by atoms with E-state index < -0.39 is 12.0 Å². The van der Waals surface area contributed by atoms with Gasteiger partial charge in [-0.15, -0.1) is 0 Å². The average molecular weight is 290 g/mol. The molecule has 0 bridgehead atoms. The van der Waals surface area contributed by atoms with Gasteiger partial charge in [0.15, 0.2) is 0 Å². The first kappa shape index (κ1) is 18.2. The Kier molecular flexibility index (Phi) is 6.86. The average Bonchev–Trinajstić information content (AvgIpc) is 2.24. The number of hydrogen-bond acceptors (Lipinski definition) is 5. The molecule has 112 valence electrons. The van der Waals surface area contributed by atoms with Gasteiger partial charge in [0.2, 0.25) is 5.91 Å². The third-order valence-electron chi connectivity index (χ3n) is 2.80. The molecule has 0 aliphatic heterocycles. The van der Waals surface area contributed by atoms with Crippen LogP contribution in [0.5, 0.6) is 0 Å². The number of carbonyl (C=O) groups is 2. The first-order chi connectivity index (χ1) is 8.50. The summed E-state index contributed by atoms with van der Waals surface area (Å²) in [6.07, 6.45) is 0.693. The van der Waals surface area contributed by atoms with Crippen LogP contribution in [-0.4, -0.2) is 42.4 Å². The van der Waals surface area contributed by atoms with Crippen molar-refractivity contribution in [3.63, 3.8) is 0 Å². The first-order valence-corrected chi connectivity index (χ1v) is 6.74. The fourth-order valence-electron chi connectivity index (χ4n) is 1.57. The van der Waals surface area contributed by atoms with Gasteiger partial charge in [0, 0.05) is 16.7 Å². The lowest BCUT2D eigenvalue weighted by molar-refractivity contribution is -0.145. The summed E-state index contributed by atoms with van der Waals surface area (Å²) in [5, 5.41) is 5.76. The van der Waals surface area contributed by atoms with Crippen molar-refractivity contribution >= 4 is 24.5 Å². The van der Waals surface area contributed by atoms with E-state index in [1.54, 1.807) is 7.05 Å². The molecule has 0 aromatic rings. The molecule has 0 heterocycles. The molecule has 0 fully saturated rings. The summed E-state index contributed by atoms with van der Waals surface area (Å²) in [6, 6.07) is -0.669. The van der Waals surface area contributed by atoms with Crippen LogP contribution in [0.1, 0.15) is 40.5 Å². The molecule has 0 aliphatic rings. The van der Waals surface area contributed by atoms with Crippen molar-refractivity contribution in [2.24, 2.45) is 0 Å². The van der Waals surface area contributed by atoms with E-state index in [2.05, 4.69) is 23.3 Å². The molecule has 1 amide bonds. The van der Waals surface area contributed by atoms with Gasteiger partial charge in [0.1, 0.15) is 6.04 Å². The Bertz CT molecular complexity index is 324. The molecule has 1 unspecified atom stereocenters. The predicted molar refractivity (Wildman–Crippen MR) is 79.4 cm³/mol. The number of ether oxygens (including phenoxy) is 1. The van der Waals surface area contributed by atoms with Crippen LogP contribution in [0.3, 0.4) is 0 Å². The molecule has 0 radical (unpaired) electrons. The van der Waals surface area contributed by atoms with E-state index in [0.717, 1.165) is 0 Å². The first-order valence-electron chi connectivity index (χ1n) is 6.29. The highest BCUT2D eigenvalue weighted by atomic mass is 32.1. The molecule has 1 atom stereocenters. The van der Waals surface area contributed by atoms with Crippen molar-refractivity contribution in [2.75, 3.05) is 14.2 Å². The minimum atomic E-state index is -0.669. The van der Waals surface area contributed by atoms with Gasteiger partial charge < -0.3 is 15.4 Å². The van der Waals surface area contributed by atoms with E-state index in [1.165, 1.54) is 7.11 Å². The Hall–Kier alpha value is -0.750. The fourth-order valence-corrected chi connectivity index (χ4v) is 1.75. The predicted octanol–water partition coefficient (Wildman–Crippen LogP) is 1.13. The van der Waals surface area contributed by atoms with Crippen LogP contribution in [0, 0.1) is 0 Å². The molecule has 0 aromatic heterocycles. The Morgan fingerprint density at radius 3 is 2.16 bits per heavy atom. The summed E-state index contributed by atoms with van der Waals surface area (Å²) in [4.78, 5) is 23.6. The monoisotopic (exact) mass is 290 g/mol. The molecule has 0 aromatic carbocycles. The topological polar surface area (TPSA) is 67.4 Å². The van der Waals surface area contributed by atoms with Gasteiger partial charge in [0.25, 0.3) is 0 Å². The van der Waals surface area contributed by atoms with Gasteiger partial charge in [-0.3, -0.25) is 4.79 Å². The van der Waals surface area contributed by atoms with Crippen LogP contribution >= 0.6 is 12.6 Å². The summed E-state index contributed by atoms with van der Waals surface area (Å²) in [7, 11) is 3.10. The van der Waals surface area contributed by atoms with Crippen LogP contribution < -0.4 is 10.6 Å². The van der Waals surface area contributed by atoms with E-state index >= 15 is 0 Å². The Balaban J connectivity index is 4.65. The third-order valence-corrected chi connectivity index (χ3v) is 2.99. The number of hydrogen-bond donors (Lipinski definition) is 3. The van der Waals surface area contributed by atoms with Crippen LogP contribution in [0.15, 0.2) is 0 Å². The van der Waals surface area contributed by atoms with E-state index in [-0.39, 0.29) is 22.6 Å². The number of carbonyl (C=O) groups excluding carboxylic acids is 2. The van der Waals surface area contributed by atoms with Crippen molar-refractivity contribution in [1.82, 2.24) is 10.6 Å². The summed E-state index contributed by atoms with van der Waals surface area (Å²) >= 11 is 4.38. The summed E-state index contributed by atoms with van der Waals surface area (Å²) < 4.78 is 4.34. The zero-order valence-electron chi connectivity index (χ0n) is 12.7. The normalized spacial score (nSPS) is 13.8. The highest BCUT2D eigenvalue weighted by molar-refractivity contribution is 7.81. The number of nitrogens with one attached hydrogen (secondary N) is 2. The number of methoxy groups -OCH3 is 1. The smallest absolute Gasteiger partial charge is 0.328 e. The second-order valence-corrected chi connectivity index (χ2v) is 7.18. The molecule has 0 rings (SSSR count). The Morgan fingerprint density at radius 2 is 1.79 bits per heavy atom. The minimum absolute atomic E-state index is 0.188. The van der Waals surface area contributed by atoms with Gasteiger partial charge >= 0.3 is 5.97 Å². The molecule has 5 nitrogen and oxygen atoms in total. The van der Waals surface area contributed by atoms with E-state index in [0.29, 0.717) is 6.42 Å². The van der Waals surface area contributed by atoms with Crippen molar-refractivity contribution in [1.29, 1.82) is 0 Å². The molecule has 0 saturated carbocycles. The lowest BCUT2D eigenvalue weighted by Crippen LogP contribution is -2.48. The summed E-state index contributed by atoms with van der Waals surface area (Å²) in [5.41, 5.74) is -0.318. The maximum Gasteiger partial charge on any atom is 0.328 e. The van der Waals surface area contributed by atoms with Gasteiger partial charge in [-0.1, -0.05) is 13.8 Å². The molecule has 19 heavy (non-hydrogen) atoms. The SMILES string of the molecule is CNC(C)(C)CC(=O)NC(CC(C)(C)S)C(=O)OC. The molecule has 6 heteroatoms. The number of thiol groups is 1. The molecule has 0 saturated heterocycles. The minimum Gasteiger partial charge on any atom is -0.467 e. The van der Waals surface area contributed by atoms with E-state index in [4.69, 9.17) is 4.74 Å². The summed E-state index contributed by atoms with van der Waals surface area (Å²) in [5.74, 6) is -0.634. The van der Waals surface area contributed by atoms with Crippen molar-refractivity contribution < 1.29 is 14.3 Å². The van der Waals surface area contributed by atoms with Crippen LogP contribution in [-0.2, 0) is 14.3 Å². The van der Waals surface area contributed by atoms with Crippen LogP contribution in [0.4, 0.5) is 0 Å². The molecular weight excluding hydrogens is 264 g/mol. The van der Waals surface area contributed by atoms with Gasteiger partial charge in [-0.25, -0.2) is 4.79 Å². The van der Waals surface area contributed by atoms with E-state index in [9.17, 15) is 9.59 Å². The quantitative estimate of drug-likeness (QED) is 0.486. The van der Waals surface area contributed by atoms with Gasteiger partial charge in [-0.05, 0) is 27.3 Å². The largest absolute Gasteiger partial charge is 0.467 e. The summed E-state index contributed by atoms with van der Waals surface area (Å²) in [6.45, 7) is 7.61. The van der Waals surface area contributed by atoms with Crippen molar-refractivity contribution in [3.8, 4) is 0 Å². The highest BCUT2D eigenvalue weighted by Gasteiger charge is 2.29. The van der Waals surface area contributed by atoms with Crippen molar-refractivity contribution in [2.45, 2.75) is 56.9 Å². The van der Waals surface area contributed by atoms with Gasteiger partial charge in [0.05, 0.1) is 7.11 Å². The standard InChI is InChI=1S/C13H26N2O3S/c1-12(2,14-5)8-10(16)15-9(11(17)18-6)7-13(3,4)19/h9,14,19H,7-8H2,1-6H3,(H,15,16). The lowest BCUT2D eigenvalue weighted by Gasteiger charge is -2.27. The number of esters is 1. The fraction of sp³-hybridized carbons (Fsp3) is 0.846. The maximum absolute atomic E-state index is 12.0. The van der Waals surface area contributed by atoms with Crippen LogP contribution in [0.2, 0.25) is 0 Å². The molecule has 0 spiro atoms. The molecular formula is C13H26N2O3S. The third kappa shape index (κ3) is 8.10. The lowest BCUT2D eigenvalue weighted by atomic mass is 9.99. The van der Waals surface area contributed by atoms with Crippen molar-refractivity contribution in [3.05, 3.63) is 0 Å². The second-order valence-electron chi connectivity index (χ2n) is 5.97. The highest BCUT2D eigenvalue weighted by Crippen LogP contribution is 2.20. The Morgan fingerprint density at radius 1 is 1.26 bits per heavy atom. The maximum atomic E-state index is 12.0. The Labute approximate surface area is 121 Å². The second kappa shape index (κ2) is 7.14. The van der Waals surface area contributed by atoms with Crippen LogP contribution in [0.25, 0.3) is 0 Å². The zero-order valence-corrected chi connectivity index (χ0v) is 13.6.